The molecule has 0 saturated heterocycles. The number of hydrogen-bond donors (Lipinski definition) is 4. The first-order valence-corrected chi connectivity index (χ1v) is 26.8. The number of methoxy groups -OCH3 is 2. The minimum Gasteiger partial charge on any atom is -0.466 e. The van der Waals surface area contributed by atoms with Crippen molar-refractivity contribution >= 4 is 29.1 Å². The Balaban J connectivity index is 0.00000108. The Hall–Kier alpha value is -9.48. The van der Waals surface area contributed by atoms with Crippen molar-refractivity contribution in [3.8, 4) is 57.4 Å². The van der Waals surface area contributed by atoms with Crippen molar-refractivity contribution in [2.45, 2.75) is 58.6 Å². The van der Waals surface area contributed by atoms with Crippen LogP contribution in [-0.4, -0.2) is 181 Å². The summed E-state index contributed by atoms with van der Waals surface area (Å²) in [5.41, 5.74) is 14.3. The van der Waals surface area contributed by atoms with Gasteiger partial charge in [0.05, 0.1) is 43.7 Å². The van der Waals surface area contributed by atoms with Crippen LogP contribution >= 0.6 is 0 Å². The van der Waals surface area contributed by atoms with Crippen molar-refractivity contribution in [2.75, 3.05) is 108 Å². The Morgan fingerprint density at radius 2 is 0.935 bits per heavy atom. The number of allylic oxidation sites excluding steroid dienone is 1. The van der Waals surface area contributed by atoms with E-state index in [-0.39, 0.29) is 72.7 Å². The Kier molecular flexibility index (Phi) is 38.2. The minimum atomic E-state index is -4.74. The zero-order chi connectivity index (χ0) is 71.1. The molecule has 0 atom stereocenters. The van der Waals surface area contributed by atoms with Crippen molar-refractivity contribution in [1.29, 1.82) is 10.5 Å². The van der Waals surface area contributed by atoms with Gasteiger partial charge in [0.25, 0.3) is 0 Å². The lowest BCUT2D eigenvalue weighted by Gasteiger charge is -2.19. The number of nitrogens with one attached hydrogen (secondary N) is 2. The van der Waals surface area contributed by atoms with Crippen molar-refractivity contribution < 1.29 is 100 Å². The van der Waals surface area contributed by atoms with Gasteiger partial charge < -0.3 is 64.1 Å². The van der Waals surface area contributed by atoms with E-state index in [4.69, 9.17) is 31.5 Å². The summed E-state index contributed by atoms with van der Waals surface area (Å²) in [4.78, 5) is 29.0. The number of hydrogen-bond acceptors (Lipinski definition) is 20. The Morgan fingerprint density at radius 3 is 1.23 bits per heavy atom. The third-order valence-corrected chi connectivity index (χ3v) is 10.1. The summed E-state index contributed by atoms with van der Waals surface area (Å²) in [6, 6.07) is 25.5. The molecule has 0 amide bonds. The van der Waals surface area contributed by atoms with E-state index < -0.39 is 37.4 Å². The summed E-state index contributed by atoms with van der Waals surface area (Å²) in [6.45, 7) is 6.24. The van der Waals surface area contributed by atoms with Crippen molar-refractivity contribution in [3.63, 3.8) is 0 Å². The zero-order valence-electron chi connectivity index (χ0n) is 52.6. The van der Waals surface area contributed by atoms with E-state index in [1.165, 1.54) is 91.4 Å². The van der Waals surface area contributed by atoms with Crippen LogP contribution in [0.2, 0.25) is 0 Å². The number of rotatable bonds is 19. The van der Waals surface area contributed by atoms with Crippen LogP contribution in [0, 0.1) is 22.7 Å². The molecule has 6 aromatic rings. The molecule has 0 fully saturated rings. The maximum atomic E-state index is 12.1. The quantitative estimate of drug-likeness (QED) is 0.0193. The average molecular weight is 1340 g/mol. The van der Waals surface area contributed by atoms with Gasteiger partial charge in [-0.2, -0.15) is 20.7 Å². The number of nitrogen functional groups attached to an aromatic ring is 2. The van der Waals surface area contributed by atoms with Crippen LogP contribution in [0.3, 0.4) is 0 Å². The molecule has 0 unspecified atom stereocenters. The third-order valence-electron chi connectivity index (χ3n) is 10.1. The summed E-state index contributed by atoms with van der Waals surface area (Å²) in [5, 5.41) is 29.7. The van der Waals surface area contributed by atoms with E-state index in [0.29, 0.717) is 33.4 Å². The number of likely N-dealkylation sites (N-methyl/N-ethyl adjacent to an activating group) is 2. The van der Waals surface area contributed by atoms with E-state index in [2.05, 4.69) is 86.8 Å². The minimum absolute atomic E-state index is 0.0645. The molecule has 0 aliphatic carbocycles. The van der Waals surface area contributed by atoms with Crippen LogP contribution in [-0.2, 0) is 35.0 Å². The number of halogens is 12. The van der Waals surface area contributed by atoms with Gasteiger partial charge in [0.2, 0.25) is 6.41 Å². The number of carbonyl (C=O) groups is 2. The number of benzene rings is 4. The van der Waals surface area contributed by atoms with Gasteiger partial charge in [-0.25, -0.2) is 0 Å². The molecule has 0 bridgehead atoms. The summed E-state index contributed by atoms with van der Waals surface area (Å²) in [6.07, 6.45) is -14.9. The average Bonchev–Trinajstić information content (AvgIpc) is 1.86. The number of alkyl halides is 12. The molecule has 0 aliphatic rings. The SMILES string of the molecule is CCOC(=O)CC(=O)OCC.CN(C)/C=C(\C#N)c1cccc(OC(F)(F)F)c1.CN(C)CCN(C)C.COC(OC)N(C)C.N#CCc1cccc(OC(F)(F)F)c1.Nc1[nH]ncc1-c1cccc(OC(F)(F)F)c1.Nc1[nH]ncc1-c1cccc(OC(F)(F)F)c1. The number of nitrogens with two attached hydrogens (primary N) is 2. The van der Waals surface area contributed by atoms with Crippen LogP contribution in [0.15, 0.2) is 116 Å². The molecule has 2 aromatic heterocycles. The maximum Gasteiger partial charge on any atom is 0.573 e. The summed E-state index contributed by atoms with van der Waals surface area (Å²) in [5.74, 6) is -1.74. The number of anilines is 2. The fourth-order valence-corrected chi connectivity index (χ4v) is 6.46. The second-order valence-corrected chi connectivity index (χ2v) is 18.9. The molecular weight excluding hydrogens is 1260 g/mol. The lowest BCUT2D eigenvalue weighted by molar-refractivity contribution is -0.275. The van der Waals surface area contributed by atoms with Crippen LogP contribution in [0.5, 0.6) is 23.0 Å². The van der Waals surface area contributed by atoms with Crippen LogP contribution < -0.4 is 30.4 Å². The largest absolute Gasteiger partial charge is 0.573 e. The molecule has 6 N–H and O–H groups in total. The van der Waals surface area contributed by atoms with E-state index in [0.717, 1.165) is 13.1 Å². The molecule has 514 valence electrons. The number of H-pyrrole nitrogens is 2. The molecule has 4 aromatic carbocycles. The van der Waals surface area contributed by atoms with Gasteiger partial charge in [-0.3, -0.25) is 24.7 Å². The van der Waals surface area contributed by atoms with Gasteiger partial charge in [0.15, 0.2) is 0 Å². The highest BCUT2D eigenvalue weighted by molar-refractivity contribution is 5.91. The maximum absolute atomic E-state index is 12.1. The Labute approximate surface area is 529 Å². The molecule has 0 radical (unpaired) electrons. The molecular formula is C59H74F12N12O10. The highest BCUT2D eigenvalue weighted by Crippen LogP contribution is 2.32. The van der Waals surface area contributed by atoms with Gasteiger partial charge >= 0.3 is 37.4 Å². The van der Waals surface area contributed by atoms with E-state index in [1.807, 2.05) is 31.1 Å². The molecule has 6 rings (SSSR count). The van der Waals surface area contributed by atoms with Crippen LogP contribution in [0.1, 0.15) is 31.4 Å². The number of aromatic nitrogens is 4. The molecule has 22 nitrogen and oxygen atoms in total. The van der Waals surface area contributed by atoms with Crippen molar-refractivity contribution in [3.05, 3.63) is 127 Å². The number of nitriles is 2. The second-order valence-electron chi connectivity index (χ2n) is 18.9. The second kappa shape index (κ2) is 42.6. The first-order chi connectivity index (χ1) is 43.3. The third kappa shape index (κ3) is 40.8. The predicted molar refractivity (Wildman–Crippen MR) is 320 cm³/mol. The van der Waals surface area contributed by atoms with E-state index in [1.54, 1.807) is 71.3 Å². The predicted octanol–water partition coefficient (Wildman–Crippen LogP) is 11.5. The highest BCUT2D eigenvalue weighted by atomic mass is 19.4. The lowest BCUT2D eigenvalue weighted by Crippen LogP contribution is -2.30. The topological polar surface area (TPSA) is 278 Å². The first-order valence-electron chi connectivity index (χ1n) is 26.8. The van der Waals surface area contributed by atoms with Crippen molar-refractivity contribution in [1.82, 2.24) is 40.0 Å². The molecule has 34 heteroatoms. The summed E-state index contributed by atoms with van der Waals surface area (Å²) >= 11 is 0. The fraction of sp³-hybridized carbons (Fsp3) is 0.390. The monoisotopic (exact) mass is 1340 g/mol. The van der Waals surface area contributed by atoms with Crippen LogP contribution in [0.4, 0.5) is 64.3 Å². The molecule has 0 spiro atoms. The lowest BCUT2D eigenvalue weighted by atomic mass is 10.1. The highest BCUT2D eigenvalue weighted by Gasteiger charge is 2.33. The molecule has 93 heavy (non-hydrogen) atoms. The molecule has 2 heterocycles. The summed E-state index contributed by atoms with van der Waals surface area (Å²) < 4.78 is 178. The van der Waals surface area contributed by atoms with Gasteiger partial charge in [-0.15, -0.1) is 52.7 Å². The fourth-order valence-electron chi connectivity index (χ4n) is 6.46. The molecule has 0 saturated carbocycles. The van der Waals surface area contributed by atoms with Gasteiger partial charge in [0.1, 0.15) is 47.1 Å². The van der Waals surface area contributed by atoms with Crippen LogP contribution in [0.25, 0.3) is 27.8 Å². The zero-order valence-corrected chi connectivity index (χ0v) is 52.6. The number of nitrogens with zero attached hydrogens (tertiary/aromatic N) is 8. The van der Waals surface area contributed by atoms with Gasteiger partial charge in [-0.05, 0) is 127 Å². The van der Waals surface area contributed by atoms with Gasteiger partial charge in [0, 0.05) is 58.7 Å². The van der Waals surface area contributed by atoms with E-state index >= 15 is 0 Å². The van der Waals surface area contributed by atoms with Gasteiger partial charge in [-0.1, -0.05) is 48.5 Å². The smallest absolute Gasteiger partial charge is 0.466 e. The number of esters is 2. The Bertz CT molecular complexity index is 3090. The van der Waals surface area contributed by atoms with Crippen molar-refractivity contribution in [2.24, 2.45) is 0 Å². The Morgan fingerprint density at radius 1 is 0.570 bits per heavy atom. The number of aromatic amines is 2. The standard InChI is InChI=1S/C12H11F3N2O.2C10H8F3N3O.C9H6F3NO.C7H12O4.C6H16N2.C5H13NO2/c1-17(2)8-10(7-16)9-4-3-5-11(6-9)18-12(13,14)15;2*11-10(12,13)17-7-3-1-2-6(4-7)8-5-15-16-9(8)14;10-9(11,12)14-8-3-1-2-7(6-8)4-5-13;1-3-10-6(8)5-7(9)11-4-2;1-7(2)5-6-8(3)4;1-6(2)5(7-3)8-4/h3-6,8H,1-2H3;2*1-5H,(H3,14,15,16);1-3,6H,4H2;3-5H2,1-2H3;5-6H2,1-4H3;5H,1-4H3/b10-8+;;;;;;. The first kappa shape index (κ1) is 83.5. The normalized spacial score (nSPS) is 11.1. The number of carbonyl (C=O) groups excluding carboxylic acids is 2. The van der Waals surface area contributed by atoms with E-state index in [9.17, 15) is 62.3 Å². The number of ether oxygens (including phenoxy) is 8. The summed E-state index contributed by atoms with van der Waals surface area (Å²) in [7, 11) is 18.8. The molecule has 0 aliphatic heterocycles.